The Morgan fingerprint density at radius 2 is 2.40 bits per heavy atom. The zero-order valence-electron chi connectivity index (χ0n) is 9.06. The van der Waals surface area contributed by atoms with Crippen molar-refractivity contribution in [2.75, 3.05) is 0 Å². The van der Waals surface area contributed by atoms with Gasteiger partial charge in [0.25, 0.3) is 0 Å². The van der Waals surface area contributed by atoms with Crippen molar-refractivity contribution in [1.29, 1.82) is 0 Å². The first kappa shape index (κ1) is 10.0. The third kappa shape index (κ3) is 1.48. The lowest BCUT2D eigenvalue weighted by atomic mass is 10.0. The summed E-state index contributed by atoms with van der Waals surface area (Å²) < 4.78 is 2.19. The largest absolute Gasteiger partial charge is 0.409 e. The van der Waals surface area contributed by atoms with E-state index in [1.165, 1.54) is 6.42 Å². The van der Waals surface area contributed by atoms with Gasteiger partial charge in [-0.2, -0.15) is 0 Å². The highest BCUT2D eigenvalue weighted by molar-refractivity contribution is 5.96. The van der Waals surface area contributed by atoms with Gasteiger partial charge in [-0.05, 0) is 33.1 Å². The van der Waals surface area contributed by atoms with Crippen LogP contribution in [0.2, 0.25) is 0 Å². The minimum Gasteiger partial charge on any atom is -0.409 e. The van der Waals surface area contributed by atoms with Crippen molar-refractivity contribution in [3.05, 3.63) is 17.2 Å². The third-order valence-corrected chi connectivity index (χ3v) is 3.01. The van der Waals surface area contributed by atoms with E-state index >= 15 is 0 Å². The van der Waals surface area contributed by atoms with Crippen molar-refractivity contribution in [1.82, 2.24) is 9.55 Å². The summed E-state index contributed by atoms with van der Waals surface area (Å²) in [5.74, 6) is 1.06. The Hall–Kier alpha value is -1.52. The normalized spacial score (nSPS) is 21.5. The molecule has 1 aliphatic rings. The van der Waals surface area contributed by atoms with Crippen LogP contribution < -0.4 is 5.73 Å². The van der Waals surface area contributed by atoms with Crippen LogP contribution in [0.4, 0.5) is 0 Å². The van der Waals surface area contributed by atoms with E-state index in [2.05, 4.69) is 21.6 Å². The van der Waals surface area contributed by atoms with Crippen molar-refractivity contribution >= 4 is 5.84 Å². The molecule has 0 saturated heterocycles. The molecule has 1 aromatic rings. The van der Waals surface area contributed by atoms with E-state index in [0.29, 0.717) is 11.7 Å². The van der Waals surface area contributed by atoms with Crippen LogP contribution in [0.5, 0.6) is 0 Å². The van der Waals surface area contributed by atoms with Gasteiger partial charge in [0.2, 0.25) is 0 Å². The maximum Gasteiger partial charge on any atom is 0.190 e. The Balaban J connectivity index is 2.56. The number of imidazole rings is 1. The molecule has 0 aliphatic carbocycles. The van der Waals surface area contributed by atoms with Crippen molar-refractivity contribution in [2.24, 2.45) is 10.9 Å². The fraction of sp³-hybridized carbons (Fsp3) is 0.600. The molecule has 15 heavy (non-hydrogen) atoms. The maximum absolute atomic E-state index is 8.68. The fourth-order valence-corrected chi connectivity index (χ4v) is 2.36. The van der Waals surface area contributed by atoms with E-state index in [0.717, 1.165) is 24.4 Å². The lowest BCUT2D eigenvalue weighted by Gasteiger charge is -2.23. The Labute approximate surface area is 88.6 Å². The second kappa shape index (κ2) is 3.56. The van der Waals surface area contributed by atoms with Gasteiger partial charge in [-0.25, -0.2) is 4.98 Å². The number of hydrogen-bond acceptors (Lipinski definition) is 3. The van der Waals surface area contributed by atoms with E-state index in [-0.39, 0.29) is 5.84 Å². The third-order valence-electron chi connectivity index (χ3n) is 3.01. The molecule has 0 saturated carbocycles. The highest BCUT2D eigenvalue weighted by atomic mass is 16.4. The Morgan fingerprint density at radius 1 is 1.67 bits per heavy atom. The van der Waals surface area contributed by atoms with Gasteiger partial charge < -0.3 is 15.5 Å². The molecular formula is C10H16N4O. The summed E-state index contributed by atoms with van der Waals surface area (Å²) in [6, 6.07) is 0.460. The highest BCUT2D eigenvalue weighted by Gasteiger charge is 2.24. The molecule has 0 amide bonds. The topological polar surface area (TPSA) is 76.4 Å². The molecule has 0 bridgehead atoms. The first-order valence-electron chi connectivity index (χ1n) is 5.20. The molecule has 0 fully saturated rings. The number of fused-ring (bicyclic) bond motifs is 1. The van der Waals surface area contributed by atoms with Crippen molar-refractivity contribution in [2.45, 2.75) is 39.2 Å². The van der Waals surface area contributed by atoms with Crippen LogP contribution >= 0.6 is 0 Å². The number of nitrogens with zero attached hydrogens (tertiary/aromatic N) is 3. The predicted molar refractivity (Wildman–Crippen MR) is 57.1 cm³/mol. The first-order chi connectivity index (χ1) is 7.15. The van der Waals surface area contributed by atoms with Gasteiger partial charge in [-0.1, -0.05) is 5.16 Å². The maximum atomic E-state index is 8.68. The predicted octanol–water partition coefficient (Wildman–Crippen LogP) is 1.18. The van der Waals surface area contributed by atoms with Gasteiger partial charge >= 0.3 is 0 Å². The summed E-state index contributed by atoms with van der Waals surface area (Å²) in [4.78, 5) is 4.36. The van der Waals surface area contributed by atoms with Crippen LogP contribution in [0.25, 0.3) is 0 Å². The average molecular weight is 208 g/mol. The number of aromatic nitrogens is 2. The van der Waals surface area contributed by atoms with E-state index in [4.69, 9.17) is 10.9 Å². The molecule has 0 aromatic carbocycles. The minimum absolute atomic E-state index is 0.112. The molecule has 0 spiro atoms. The zero-order valence-corrected chi connectivity index (χ0v) is 9.06. The highest BCUT2D eigenvalue weighted by Crippen LogP contribution is 2.28. The molecular weight excluding hydrogens is 192 g/mol. The smallest absolute Gasteiger partial charge is 0.190 e. The molecule has 82 valence electrons. The monoisotopic (exact) mass is 208 g/mol. The molecule has 1 atom stereocenters. The SMILES string of the molecule is Cc1nc(/C(N)=N\O)c2n1C(C)CCC2. The molecule has 1 unspecified atom stereocenters. The standard InChI is InChI=1S/C10H16N4O/c1-6-4-3-5-8-9(10(11)13-15)12-7(2)14(6)8/h6,15H,3-5H2,1-2H3,(H2,11,13). The zero-order chi connectivity index (χ0) is 11.0. The summed E-state index contributed by atoms with van der Waals surface area (Å²) >= 11 is 0. The number of rotatable bonds is 1. The summed E-state index contributed by atoms with van der Waals surface area (Å²) in [7, 11) is 0. The Morgan fingerprint density at radius 3 is 3.07 bits per heavy atom. The molecule has 2 heterocycles. The van der Waals surface area contributed by atoms with E-state index < -0.39 is 0 Å². The second-order valence-electron chi connectivity index (χ2n) is 4.05. The lowest BCUT2D eigenvalue weighted by Crippen LogP contribution is -2.20. The number of hydrogen-bond donors (Lipinski definition) is 2. The molecule has 5 nitrogen and oxygen atoms in total. The number of oxime groups is 1. The molecule has 2 rings (SSSR count). The first-order valence-corrected chi connectivity index (χ1v) is 5.20. The van der Waals surface area contributed by atoms with Crippen LogP contribution in [-0.4, -0.2) is 20.6 Å². The Bertz CT molecular complexity index is 408. The quantitative estimate of drug-likeness (QED) is 0.315. The second-order valence-corrected chi connectivity index (χ2v) is 4.05. The van der Waals surface area contributed by atoms with E-state index in [9.17, 15) is 0 Å². The van der Waals surface area contributed by atoms with Gasteiger partial charge in [0, 0.05) is 11.7 Å². The van der Waals surface area contributed by atoms with Gasteiger partial charge in [-0.15, -0.1) is 0 Å². The lowest BCUT2D eigenvalue weighted by molar-refractivity contribution is 0.318. The van der Waals surface area contributed by atoms with Crippen LogP contribution in [0, 0.1) is 6.92 Å². The number of amidine groups is 1. The number of nitrogens with two attached hydrogens (primary N) is 1. The van der Waals surface area contributed by atoms with Crippen LogP contribution in [0.3, 0.4) is 0 Å². The molecule has 0 radical (unpaired) electrons. The molecule has 1 aliphatic heterocycles. The fourth-order valence-electron chi connectivity index (χ4n) is 2.36. The molecule has 1 aromatic heterocycles. The number of aryl methyl sites for hydroxylation is 1. The summed E-state index contributed by atoms with van der Waals surface area (Å²) in [6.07, 6.45) is 3.26. The van der Waals surface area contributed by atoms with Crippen molar-refractivity contribution in [3.8, 4) is 0 Å². The van der Waals surface area contributed by atoms with Crippen LogP contribution in [-0.2, 0) is 6.42 Å². The van der Waals surface area contributed by atoms with Gasteiger partial charge in [-0.3, -0.25) is 0 Å². The van der Waals surface area contributed by atoms with Crippen molar-refractivity contribution in [3.63, 3.8) is 0 Å². The summed E-state index contributed by atoms with van der Waals surface area (Å²) in [6.45, 7) is 4.13. The Kier molecular flexibility index (Phi) is 2.38. The average Bonchev–Trinajstić information content (AvgIpc) is 2.56. The van der Waals surface area contributed by atoms with Crippen LogP contribution in [0.15, 0.2) is 5.16 Å². The summed E-state index contributed by atoms with van der Waals surface area (Å²) in [5.41, 5.74) is 7.34. The summed E-state index contributed by atoms with van der Waals surface area (Å²) in [5, 5.41) is 11.7. The minimum atomic E-state index is 0.112. The molecule has 5 heteroatoms. The molecule has 3 N–H and O–H groups in total. The van der Waals surface area contributed by atoms with Crippen molar-refractivity contribution < 1.29 is 5.21 Å². The van der Waals surface area contributed by atoms with E-state index in [1.807, 2.05) is 6.92 Å². The van der Waals surface area contributed by atoms with Gasteiger partial charge in [0.1, 0.15) is 11.5 Å². The van der Waals surface area contributed by atoms with Crippen LogP contribution in [0.1, 0.15) is 43.0 Å². The van der Waals surface area contributed by atoms with Gasteiger partial charge in [0.05, 0.1) is 0 Å². The van der Waals surface area contributed by atoms with E-state index in [1.54, 1.807) is 0 Å². The van der Waals surface area contributed by atoms with Gasteiger partial charge in [0.15, 0.2) is 5.84 Å².